The van der Waals surface area contributed by atoms with Crippen LogP contribution in [-0.4, -0.2) is 21.7 Å². The van der Waals surface area contributed by atoms with E-state index in [4.69, 9.17) is 4.74 Å². The van der Waals surface area contributed by atoms with Crippen LogP contribution < -0.4 is 4.74 Å². The first-order valence-electron chi connectivity index (χ1n) is 5.54. The molecule has 0 saturated heterocycles. The number of aliphatic hydroxyl groups is 1. The standard InChI is InChI=1S/C13H12N2O2/c16-12(10-6-14-8-15-7-10)11-3-1-2-9-4-5-17-13(9)11/h1-3,6-8,12,16H,4-5H2. The third kappa shape index (κ3) is 1.76. The summed E-state index contributed by atoms with van der Waals surface area (Å²) in [5, 5.41) is 10.3. The summed E-state index contributed by atoms with van der Waals surface area (Å²) in [6.07, 6.45) is 4.85. The van der Waals surface area contributed by atoms with Crippen LogP contribution in [0.4, 0.5) is 0 Å². The van der Waals surface area contributed by atoms with Gasteiger partial charge in [0, 0.05) is 29.9 Å². The zero-order valence-electron chi connectivity index (χ0n) is 9.21. The van der Waals surface area contributed by atoms with Crippen molar-refractivity contribution in [2.45, 2.75) is 12.5 Å². The van der Waals surface area contributed by atoms with E-state index in [2.05, 4.69) is 9.97 Å². The molecule has 4 nitrogen and oxygen atoms in total. The normalized spacial score (nSPS) is 15.1. The first-order chi connectivity index (χ1) is 8.36. The Kier molecular flexibility index (Phi) is 2.49. The van der Waals surface area contributed by atoms with Crippen molar-refractivity contribution in [3.8, 4) is 5.75 Å². The third-order valence-corrected chi connectivity index (χ3v) is 2.94. The molecule has 3 rings (SSSR count). The van der Waals surface area contributed by atoms with E-state index in [1.54, 1.807) is 12.4 Å². The number of fused-ring (bicyclic) bond motifs is 1. The molecule has 86 valence electrons. The van der Waals surface area contributed by atoms with Crippen LogP contribution in [0.2, 0.25) is 0 Å². The van der Waals surface area contributed by atoms with Gasteiger partial charge in [-0.25, -0.2) is 9.97 Å². The quantitative estimate of drug-likeness (QED) is 0.846. The molecule has 0 amide bonds. The topological polar surface area (TPSA) is 55.2 Å². The molecule has 0 saturated carbocycles. The summed E-state index contributed by atoms with van der Waals surface area (Å²) >= 11 is 0. The fourth-order valence-electron chi connectivity index (χ4n) is 2.09. The van der Waals surface area contributed by atoms with Crippen LogP contribution >= 0.6 is 0 Å². The van der Waals surface area contributed by atoms with Gasteiger partial charge in [0.15, 0.2) is 0 Å². The number of nitrogens with zero attached hydrogens (tertiary/aromatic N) is 2. The van der Waals surface area contributed by atoms with E-state index >= 15 is 0 Å². The first kappa shape index (κ1) is 10.2. The summed E-state index contributed by atoms with van der Waals surface area (Å²) in [5.41, 5.74) is 2.62. The van der Waals surface area contributed by atoms with Crippen molar-refractivity contribution < 1.29 is 9.84 Å². The van der Waals surface area contributed by atoms with Crippen molar-refractivity contribution in [3.63, 3.8) is 0 Å². The third-order valence-electron chi connectivity index (χ3n) is 2.94. The SMILES string of the molecule is OC(c1cncnc1)c1cccc2c1OCC2. The molecule has 1 aliphatic rings. The lowest BCUT2D eigenvalue weighted by Crippen LogP contribution is -2.03. The molecule has 2 aromatic rings. The highest BCUT2D eigenvalue weighted by Gasteiger charge is 2.21. The number of benzene rings is 1. The van der Waals surface area contributed by atoms with Crippen LogP contribution in [0.3, 0.4) is 0 Å². The van der Waals surface area contributed by atoms with E-state index in [-0.39, 0.29) is 0 Å². The highest BCUT2D eigenvalue weighted by atomic mass is 16.5. The molecular formula is C13H12N2O2. The fourth-order valence-corrected chi connectivity index (χ4v) is 2.09. The predicted molar refractivity (Wildman–Crippen MR) is 61.7 cm³/mol. The average Bonchev–Trinajstić information content (AvgIpc) is 2.87. The highest BCUT2D eigenvalue weighted by molar-refractivity contribution is 5.47. The summed E-state index contributed by atoms with van der Waals surface area (Å²) < 4.78 is 5.57. The minimum atomic E-state index is -0.732. The number of rotatable bonds is 2. The maximum absolute atomic E-state index is 10.3. The lowest BCUT2D eigenvalue weighted by molar-refractivity contribution is 0.213. The highest BCUT2D eigenvalue weighted by Crippen LogP contribution is 2.35. The molecular weight excluding hydrogens is 216 g/mol. The summed E-state index contributed by atoms with van der Waals surface area (Å²) in [4.78, 5) is 7.83. The summed E-state index contributed by atoms with van der Waals surface area (Å²) in [5.74, 6) is 0.809. The van der Waals surface area contributed by atoms with Crippen LogP contribution in [0.15, 0.2) is 36.9 Å². The fraction of sp³-hybridized carbons (Fsp3) is 0.231. The molecule has 0 aliphatic carbocycles. The van der Waals surface area contributed by atoms with Gasteiger partial charge in [-0.15, -0.1) is 0 Å². The molecule has 4 heteroatoms. The Morgan fingerprint density at radius 3 is 2.88 bits per heavy atom. The second kappa shape index (κ2) is 4.14. The predicted octanol–water partition coefficient (Wildman–Crippen LogP) is 1.49. The van der Waals surface area contributed by atoms with Gasteiger partial charge in [-0.2, -0.15) is 0 Å². The van der Waals surface area contributed by atoms with Crippen LogP contribution in [0.1, 0.15) is 22.8 Å². The van der Waals surface area contributed by atoms with Gasteiger partial charge in [-0.3, -0.25) is 0 Å². The minimum absolute atomic E-state index is 0.677. The number of aliphatic hydroxyl groups excluding tert-OH is 1. The molecule has 1 aromatic carbocycles. The lowest BCUT2D eigenvalue weighted by atomic mass is 10.0. The summed E-state index contributed by atoms with van der Waals surface area (Å²) in [7, 11) is 0. The van der Waals surface area contributed by atoms with Crippen molar-refractivity contribution in [1.82, 2.24) is 9.97 Å². The van der Waals surface area contributed by atoms with Gasteiger partial charge in [-0.1, -0.05) is 18.2 Å². The van der Waals surface area contributed by atoms with Crippen LogP contribution in [0.5, 0.6) is 5.75 Å². The van der Waals surface area contributed by atoms with E-state index in [9.17, 15) is 5.11 Å². The minimum Gasteiger partial charge on any atom is -0.493 e. The van der Waals surface area contributed by atoms with Crippen LogP contribution in [0.25, 0.3) is 0 Å². The smallest absolute Gasteiger partial charge is 0.128 e. The molecule has 1 N–H and O–H groups in total. The van der Waals surface area contributed by atoms with Gasteiger partial charge in [0.2, 0.25) is 0 Å². The van der Waals surface area contributed by atoms with E-state index in [1.807, 2.05) is 18.2 Å². The molecule has 1 aliphatic heterocycles. The number of ether oxygens (including phenoxy) is 1. The van der Waals surface area contributed by atoms with E-state index in [0.29, 0.717) is 12.2 Å². The molecule has 17 heavy (non-hydrogen) atoms. The lowest BCUT2D eigenvalue weighted by Gasteiger charge is -2.14. The number of aromatic nitrogens is 2. The molecule has 0 fully saturated rings. The molecule has 1 aromatic heterocycles. The van der Waals surface area contributed by atoms with Gasteiger partial charge in [0.25, 0.3) is 0 Å². The molecule has 0 radical (unpaired) electrons. The van der Waals surface area contributed by atoms with E-state index in [1.165, 1.54) is 6.33 Å². The van der Waals surface area contributed by atoms with Gasteiger partial charge in [-0.05, 0) is 5.56 Å². The Morgan fingerprint density at radius 2 is 2.06 bits per heavy atom. The molecule has 0 spiro atoms. The van der Waals surface area contributed by atoms with E-state index < -0.39 is 6.10 Å². The van der Waals surface area contributed by atoms with Crippen molar-refractivity contribution in [1.29, 1.82) is 0 Å². The van der Waals surface area contributed by atoms with Gasteiger partial charge in [0.05, 0.1) is 6.61 Å². The molecule has 1 unspecified atom stereocenters. The van der Waals surface area contributed by atoms with E-state index in [0.717, 1.165) is 23.3 Å². The maximum atomic E-state index is 10.3. The Bertz CT molecular complexity index is 528. The zero-order chi connectivity index (χ0) is 11.7. The first-order valence-corrected chi connectivity index (χ1v) is 5.54. The van der Waals surface area contributed by atoms with Crippen molar-refractivity contribution in [2.75, 3.05) is 6.61 Å². The van der Waals surface area contributed by atoms with Gasteiger partial charge < -0.3 is 9.84 Å². The molecule has 0 bridgehead atoms. The second-order valence-corrected chi connectivity index (χ2v) is 4.01. The van der Waals surface area contributed by atoms with Crippen molar-refractivity contribution >= 4 is 0 Å². The summed E-state index contributed by atoms with van der Waals surface area (Å²) in [6, 6.07) is 5.84. The monoisotopic (exact) mass is 228 g/mol. The molecule has 2 heterocycles. The number of para-hydroxylation sites is 1. The maximum Gasteiger partial charge on any atom is 0.128 e. The second-order valence-electron chi connectivity index (χ2n) is 4.01. The molecule has 1 atom stereocenters. The van der Waals surface area contributed by atoms with Crippen molar-refractivity contribution in [3.05, 3.63) is 53.6 Å². The zero-order valence-corrected chi connectivity index (χ0v) is 9.21. The Labute approximate surface area is 98.9 Å². The Hall–Kier alpha value is -1.94. The van der Waals surface area contributed by atoms with Gasteiger partial charge in [0.1, 0.15) is 18.2 Å². The number of hydrogen-bond donors (Lipinski definition) is 1. The number of hydrogen-bond acceptors (Lipinski definition) is 4. The largest absolute Gasteiger partial charge is 0.493 e. The summed E-state index contributed by atoms with van der Waals surface area (Å²) in [6.45, 7) is 0.685. The Morgan fingerprint density at radius 1 is 1.24 bits per heavy atom. The van der Waals surface area contributed by atoms with Crippen LogP contribution in [0, 0.1) is 0 Å². The average molecular weight is 228 g/mol. The van der Waals surface area contributed by atoms with Crippen molar-refractivity contribution in [2.24, 2.45) is 0 Å². The Balaban J connectivity index is 2.03. The van der Waals surface area contributed by atoms with Gasteiger partial charge >= 0.3 is 0 Å². The van der Waals surface area contributed by atoms with Crippen LogP contribution in [-0.2, 0) is 6.42 Å².